The van der Waals surface area contributed by atoms with Gasteiger partial charge in [-0.3, -0.25) is 9.59 Å². The highest BCUT2D eigenvalue weighted by Gasteiger charge is 2.46. The molecule has 1 unspecified atom stereocenters. The largest absolute Gasteiger partial charge is 0.481 e. The normalized spacial score (nSPS) is 21.0. The number of methoxy groups -OCH3 is 1. The number of aliphatic carboxylic acids is 1. The van der Waals surface area contributed by atoms with Crippen LogP contribution in [-0.4, -0.2) is 48.7 Å². The number of benzene rings is 1. The van der Waals surface area contributed by atoms with E-state index in [9.17, 15) is 14.7 Å². The van der Waals surface area contributed by atoms with Gasteiger partial charge in [0, 0.05) is 30.8 Å². The molecule has 1 aromatic rings. The summed E-state index contributed by atoms with van der Waals surface area (Å²) in [6.45, 7) is 4.72. The predicted molar refractivity (Wildman–Crippen MR) is 88.0 cm³/mol. The van der Waals surface area contributed by atoms with Crippen molar-refractivity contribution in [3.8, 4) is 0 Å². The fourth-order valence-electron chi connectivity index (χ4n) is 2.99. The molecule has 1 aromatic carbocycles. The standard InChI is InChI=1S/C17H22ClNO4/c1-11(2)13-5-4-12(8-14(13)18)15(20)19-7-6-17(9-19,10-23-3)16(21)22/h4-5,8,11H,6-7,9-10H2,1-3H3,(H,21,22). The van der Waals surface area contributed by atoms with Crippen molar-refractivity contribution in [3.63, 3.8) is 0 Å². The second-order valence-electron chi connectivity index (χ2n) is 6.39. The van der Waals surface area contributed by atoms with Crippen LogP contribution in [0.25, 0.3) is 0 Å². The number of carboxylic acid groups (broad SMARTS) is 1. The Labute approximate surface area is 141 Å². The van der Waals surface area contributed by atoms with E-state index in [1.54, 1.807) is 17.0 Å². The van der Waals surface area contributed by atoms with Crippen LogP contribution in [0.15, 0.2) is 18.2 Å². The van der Waals surface area contributed by atoms with Crippen LogP contribution in [0.4, 0.5) is 0 Å². The Hall–Kier alpha value is -1.59. The van der Waals surface area contributed by atoms with Crippen LogP contribution < -0.4 is 0 Å². The van der Waals surface area contributed by atoms with Crippen LogP contribution in [0, 0.1) is 5.41 Å². The van der Waals surface area contributed by atoms with Crippen molar-refractivity contribution in [3.05, 3.63) is 34.3 Å². The number of carboxylic acids is 1. The number of likely N-dealkylation sites (tertiary alicyclic amines) is 1. The summed E-state index contributed by atoms with van der Waals surface area (Å²) in [6.07, 6.45) is 0.389. The number of carbonyl (C=O) groups is 2. The predicted octanol–water partition coefficient (Wildman–Crippen LogP) is 3.03. The minimum Gasteiger partial charge on any atom is -0.481 e. The van der Waals surface area contributed by atoms with Crippen molar-refractivity contribution in [2.75, 3.05) is 26.8 Å². The van der Waals surface area contributed by atoms with Crippen molar-refractivity contribution in [2.45, 2.75) is 26.2 Å². The molecular weight excluding hydrogens is 318 g/mol. The zero-order chi connectivity index (χ0) is 17.2. The average molecular weight is 340 g/mol. The van der Waals surface area contributed by atoms with Gasteiger partial charge >= 0.3 is 5.97 Å². The quantitative estimate of drug-likeness (QED) is 0.895. The molecule has 1 amide bonds. The molecule has 6 heteroatoms. The summed E-state index contributed by atoms with van der Waals surface area (Å²) in [4.78, 5) is 25.7. The van der Waals surface area contributed by atoms with Gasteiger partial charge in [0.15, 0.2) is 0 Å². The number of halogens is 1. The lowest BCUT2D eigenvalue weighted by Crippen LogP contribution is -2.40. The average Bonchev–Trinajstić information content (AvgIpc) is 2.92. The fourth-order valence-corrected chi connectivity index (χ4v) is 3.39. The Morgan fingerprint density at radius 1 is 1.43 bits per heavy atom. The molecule has 0 radical (unpaired) electrons. The molecule has 2 rings (SSSR count). The number of hydrogen-bond donors (Lipinski definition) is 1. The summed E-state index contributed by atoms with van der Waals surface area (Å²) in [5, 5.41) is 10.0. The van der Waals surface area contributed by atoms with Gasteiger partial charge in [-0.25, -0.2) is 0 Å². The molecule has 23 heavy (non-hydrogen) atoms. The van der Waals surface area contributed by atoms with E-state index in [2.05, 4.69) is 0 Å². The van der Waals surface area contributed by atoms with Crippen LogP contribution in [0.3, 0.4) is 0 Å². The molecule has 1 heterocycles. The SMILES string of the molecule is COCC1(C(=O)O)CCN(C(=O)c2ccc(C(C)C)c(Cl)c2)C1. The first kappa shape index (κ1) is 17.8. The number of carbonyl (C=O) groups excluding carboxylic acids is 1. The topological polar surface area (TPSA) is 66.8 Å². The third kappa shape index (κ3) is 3.51. The summed E-state index contributed by atoms with van der Waals surface area (Å²) < 4.78 is 5.05. The maximum Gasteiger partial charge on any atom is 0.313 e. The van der Waals surface area contributed by atoms with Crippen LogP contribution in [-0.2, 0) is 9.53 Å². The smallest absolute Gasteiger partial charge is 0.313 e. The Kier molecular flexibility index (Phi) is 5.32. The molecule has 126 valence electrons. The molecule has 0 spiro atoms. The molecular formula is C17H22ClNO4. The number of ether oxygens (including phenoxy) is 1. The summed E-state index contributed by atoms with van der Waals surface area (Å²) in [7, 11) is 1.47. The van der Waals surface area contributed by atoms with Crippen LogP contribution >= 0.6 is 11.6 Å². The van der Waals surface area contributed by atoms with E-state index in [0.29, 0.717) is 23.6 Å². The first-order valence-corrected chi connectivity index (χ1v) is 7.99. The van der Waals surface area contributed by atoms with Crippen LogP contribution in [0.5, 0.6) is 0 Å². The van der Waals surface area contributed by atoms with E-state index in [1.165, 1.54) is 7.11 Å². The second-order valence-corrected chi connectivity index (χ2v) is 6.79. The third-order valence-electron chi connectivity index (χ3n) is 4.38. The number of amides is 1. The Bertz CT molecular complexity index is 617. The molecule has 1 N–H and O–H groups in total. The van der Waals surface area contributed by atoms with Gasteiger partial charge in [0.25, 0.3) is 5.91 Å². The van der Waals surface area contributed by atoms with Gasteiger partial charge in [0.1, 0.15) is 5.41 Å². The van der Waals surface area contributed by atoms with Crippen LogP contribution in [0.1, 0.15) is 42.1 Å². The maximum atomic E-state index is 12.6. The highest BCUT2D eigenvalue weighted by molar-refractivity contribution is 6.31. The number of nitrogens with zero attached hydrogens (tertiary/aromatic N) is 1. The van der Waals surface area contributed by atoms with Crippen molar-refractivity contribution in [1.82, 2.24) is 4.90 Å². The van der Waals surface area contributed by atoms with Crippen molar-refractivity contribution in [1.29, 1.82) is 0 Å². The van der Waals surface area contributed by atoms with Gasteiger partial charge in [-0.05, 0) is 30.0 Å². The van der Waals surface area contributed by atoms with E-state index in [-0.39, 0.29) is 25.0 Å². The Balaban J connectivity index is 2.19. The van der Waals surface area contributed by atoms with Gasteiger partial charge in [-0.2, -0.15) is 0 Å². The zero-order valence-electron chi connectivity index (χ0n) is 13.6. The van der Waals surface area contributed by atoms with Gasteiger partial charge in [0.2, 0.25) is 0 Å². The first-order chi connectivity index (χ1) is 10.8. The van der Waals surface area contributed by atoms with Gasteiger partial charge in [-0.1, -0.05) is 31.5 Å². The molecule has 1 saturated heterocycles. The van der Waals surface area contributed by atoms with E-state index in [1.807, 2.05) is 19.9 Å². The molecule has 0 bridgehead atoms. The number of rotatable bonds is 5. The van der Waals surface area contributed by atoms with Gasteiger partial charge in [-0.15, -0.1) is 0 Å². The lowest BCUT2D eigenvalue weighted by Gasteiger charge is -2.24. The van der Waals surface area contributed by atoms with Crippen molar-refractivity contribution >= 4 is 23.5 Å². The Morgan fingerprint density at radius 2 is 2.13 bits per heavy atom. The third-order valence-corrected chi connectivity index (χ3v) is 4.71. The summed E-state index contributed by atoms with van der Waals surface area (Å²) in [5.41, 5.74) is 0.452. The molecule has 5 nitrogen and oxygen atoms in total. The minimum atomic E-state index is -1.02. The van der Waals surface area contributed by atoms with Gasteiger partial charge < -0.3 is 14.7 Å². The Morgan fingerprint density at radius 3 is 2.65 bits per heavy atom. The fraction of sp³-hybridized carbons (Fsp3) is 0.529. The molecule has 0 aliphatic carbocycles. The minimum absolute atomic E-state index is 0.0964. The van der Waals surface area contributed by atoms with Crippen LogP contribution in [0.2, 0.25) is 5.02 Å². The van der Waals surface area contributed by atoms with Crippen molar-refractivity contribution in [2.24, 2.45) is 5.41 Å². The molecule has 1 aliphatic rings. The highest BCUT2D eigenvalue weighted by atomic mass is 35.5. The molecule has 1 aliphatic heterocycles. The van der Waals surface area contributed by atoms with Gasteiger partial charge in [0.05, 0.1) is 6.61 Å². The molecule has 0 saturated carbocycles. The van der Waals surface area contributed by atoms with E-state index in [0.717, 1.165) is 5.56 Å². The number of hydrogen-bond acceptors (Lipinski definition) is 3. The van der Waals surface area contributed by atoms with Crippen molar-refractivity contribution < 1.29 is 19.4 Å². The highest BCUT2D eigenvalue weighted by Crippen LogP contribution is 2.33. The van der Waals surface area contributed by atoms with E-state index >= 15 is 0 Å². The molecule has 1 atom stereocenters. The molecule has 1 fully saturated rings. The summed E-state index contributed by atoms with van der Waals surface area (Å²) in [5.74, 6) is -0.843. The second kappa shape index (κ2) is 6.89. The lowest BCUT2D eigenvalue weighted by molar-refractivity contribution is -0.151. The monoisotopic (exact) mass is 339 g/mol. The zero-order valence-corrected chi connectivity index (χ0v) is 14.4. The summed E-state index contributed by atoms with van der Waals surface area (Å²) >= 11 is 6.25. The van der Waals surface area contributed by atoms with E-state index < -0.39 is 11.4 Å². The lowest BCUT2D eigenvalue weighted by atomic mass is 9.88. The first-order valence-electron chi connectivity index (χ1n) is 7.62. The summed E-state index contributed by atoms with van der Waals surface area (Å²) in [6, 6.07) is 5.27. The van der Waals surface area contributed by atoms with E-state index in [4.69, 9.17) is 16.3 Å². The maximum absolute atomic E-state index is 12.6. The molecule has 0 aromatic heterocycles.